The first-order chi connectivity index (χ1) is 9.45. The van der Waals surface area contributed by atoms with E-state index in [1.807, 2.05) is 0 Å². The lowest BCUT2D eigenvalue weighted by Crippen LogP contribution is -2.42. The van der Waals surface area contributed by atoms with Crippen molar-refractivity contribution in [3.63, 3.8) is 0 Å². The molecule has 2 N–H and O–H groups in total. The first kappa shape index (κ1) is 15.1. The molecule has 108 valence electrons. The van der Waals surface area contributed by atoms with Gasteiger partial charge in [0.25, 0.3) is 0 Å². The van der Waals surface area contributed by atoms with Crippen LogP contribution in [-0.4, -0.2) is 41.0 Å². The summed E-state index contributed by atoms with van der Waals surface area (Å²) in [6, 6.07) is 4.35. The zero-order valence-corrected chi connectivity index (χ0v) is 12.1. The maximum atomic E-state index is 12.2. The van der Waals surface area contributed by atoms with Crippen LogP contribution in [0.15, 0.2) is 18.2 Å². The van der Waals surface area contributed by atoms with Crippen LogP contribution in [-0.2, 0) is 9.59 Å². The van der Waals surface area contributed by atoms with Crippen molar-refractivity contribution in [3.8, 4) is 0 Å². The second kappa shape index (κ2) is 6.43. The molecule has 0 radical (unpaired) electrons. The van der Waals surface area contributed by atoms with Crippen LogP contribution >= 0.6 is 23.2 Å². The molecule has 1 atom stereocenters. The van der Waals surface area contributed by atoms with E-state index in [2.05, 4.69) is 5.32 Å². The van der Waals surface area contributed by atoms with Gasteiger partial charge in [0.2, 0.25) is 5.91 Å². The van der Waals surface area contributed by atoms with Crippen LogP contribution in [0.4, 0.5) is 5.69 Å². The molecule has 2 rings (SSSR count). The van der Waals surface area contributed by atoms with Crippen molar-refractivity contribution < 1.29 is 14.7 Å². The Kier molecular flexibility index (Phi) is 4.86. The molecular formula is C13H14Cl2N2O3. The van der Waals surface area contributed by atoms with Gasteiger partial charge in [-0.25, -0.2) is 0 Å². The van der Waals surface area contributed by atoms with Crippen LogP contribution in [0.5, 0.6) is 0 Å². The third-order valence-corrected chi connectivity index (χ3v) is 3.57. The normalized spacial score (nSPS) is 19.0. The van der Waals surface area contributed by atoms with E-state index < -0.39 is 12.0 Å². The molecule has 1 heterocycles. The van der Waals surface area contributed by atoms with Gasteiger partial charge in [-0.15, -0.1) is 0 Å². The summed E-state index contributed by atoms with van der Waals surface area (Å²) in [6.07, 6.45) is 1.45. The van der Waals surface area contributed by atoms with Crippen LogP contribution in [0.2, 0.25) is 10.0 Å². The molecule has 0 bridgehead atoms. The van der Waals surface area contributed by atoms with Gasteiger partial charge in [-0.05, 0) is 37.6 Å². The fourth-order valence-electron chi connectivity index (χ4n) is 2.34. The van der Waals surface area contributed by atoms with Gasteiger partial charge in [-0.3, -0.25) is 14.5 Å². The Bertz CT molecular complexity index is 516. The van der Waals surface area contributed by atoms with E-state index in [1.165, 1.54) is 0 Å². The topological polar surface area (TPSA) is 69.6 Å². The first-order valence-electron chi connectivity index (χ1n) is 6.18. The molecule has 1 fully saturated rings. The lowest BCUT2D eigenvalue weighted by atomic mass is 10.2. The molecular weight excluding hydrogens is 303 g/mol. The Balaban J connectivity index is 2.05. The molecule has 1 aromatic carbocycles. The highest BCUT2D eigenvalue weighted by molar-refractivity contribution is 6.35. The summed E-state index contributed by atoms with van der Waals surface area (Å²) < 4.78 is 0. The average Bonchev–Trinajstić information content (AvgIpc) is 2.74. The molecule has 0 spiro atoms. The quantitative estimate of drug-likeness (QED) is 0.895. The Morgan fingerprint density at radius 3 is 2.55 bits per heavy atom. The number of carbonyl (C=O) groups is 2. The van der Waals surface area contributed by atoms with Gasteiger partial charge in [0.15, 0.2) is 0 Å². The highest BCUT2D eigenvalue weighted by Gasteiger charge is 2.31. The molecule has 1 aromatic rings. The van der Waals surface area contributed by atoms with E-state index >= 15 is 0 Å². The van der Waals surface area contributed by atoms with E-state index in [4.69, 9.17) is 28.3 Å². The van der Waals surface area contributed by atoms with Crippen molar-refractivity contribution in [2.45, 2.75) is 18.9 Å². The third-order valence-electron chi connectivity index (χ3n) is 3.13. The molecule has 0 aliphatic carbocycles. The van der Waals surface area contributed by atoms with Crippen molar-refractivity contribution in [2.24, 2.45) is 0 Å². The second-order valence-corrected chi connectivity index (χ2v) is 5.54. The fourth-order valence-corrected chi connectivity index (χ4v) is 2.86. The van der Waals surface area contributed by atoms with Crippen LogP contribution < -0.4 is 5.32 Å². The van der Waals surface area contributed by atoms with Crippen LogP contribution in [0, 0.1) is 0 Å². The summed E-state index contributed by atoms with van der Waals surface area (Å²) in [7, 11) is 0. The number of benzene rings is 1. The largest absolute Gasteiger partial charge is 0.480 e. The van der Waals surface area contributed by atoms with E-state index in [0.717, 1.165) is 6.42 Å². The van der Waals surface area contributed by atoms with Gasteiger partial charge in [0.1, 0.15) is 0 Å². The smallest absolute Gasteiger partial charge is 0.317 e. The highest BCUT2D eigenvalue weighted by atomic mass is 35.5. The molecule has 0 saturated carbocycles. The zero-order valence-electron chi connectivity index (χ0n) is 10.6. The van der Waals surface area contributed by atoms with Gasteiger partial charge in [0.05, 0.1) is 12.6 Å². The number of rotatable bonds is 4. The number of nitrogens with one attached hydrogen (secondary N) is 1. The predicted molar refractivity (Wildman–Crippen MR) is 77.3 cm³/mol. The lowest BCUT2D eigenvalue weighted by molar-refractivity contribution is -0.139. The number of aliphatic carboxylic acids is 1. The summed E-state index contributed by atoms with van der Waals surface area (Å²) in [5.74, 6) is -1.17. The number of hydrogen-bond donors (Lipinski definition) is 2. The highest BCUT2D eigenvalue weighted by Crippen LogP contribution is 2.24. The van der Waals surface area contributed by atoms with Crippen LogP contribution in [0.25, 0.3) is 0 Å². The van der Waals surface area contributed by atoms with Crippen molar-refractivity contribution in [3.05, 3.63) is 28.2 Å². The number of carboxylic acids is 1. The summed E-state index contributed by atoms with van der Waals surface area (Å²) in [6.45, 7) is 0.481. The van der Waals surface area contributed by atoms with E-state index in [0.29, 0.717) is 28.7 Å². The summed E-state index contributed by atoms with van der Waals surface area (Å²) in [5.41, 5.74) is 0.509. The fraction of sp³-hybridized carbons (Fsp3) is 0.385. The number of halogens is 2. The number of amides is 1. The molecule has 1 aliphatic rings. The SMILES string of the molecule is O=C(O)CN1CCCC1C(=O)Nc1cc(Cl)cc(Cl)c1. The van der Waals surface area contributed by atoms with E-state index in [-0.39, 0.29) is 12.5 Å². The Morgan fingerprint density at radius 2 is 1.95 bits per heavy atom. The minimum atomic E-state index is -0.935. The second-order valence-electron chi connectivity index (χ2n) is 4.67. The lowest BCUT2D eigenvalue weighted by Gasteiger charge is -2.21. The van der Waals surface area contributed by atoms with Crippen LogP contribution in [0.1, 0.15) is 12.8 Å². The first-order valence-corrected chi connectivity index (χ1v) is 6.94. The van der Waals surface area contributed by atoms with E-state index in [9.17, 15) is 9.59 Å². The standard InChI is InChI=1S/C13H14Cl2N2O3/c14-8-4-9(15)6-10(5-8)16-13(20)11-2-1-3-17(11)7-12(18)19/h4-6,11H,1-3,7H2,(H,16,20)(H,18,19). The third kappa shape index (κ3) is 3.85. The molecule has 1 aliphatic heterocycles. The van der Waals surface area contributed by atoms with Gasteiger partial charge in [0, 0.05) is 15.7 Å². The van der Waals surface area contributed by atoms with Gasteiger partial charge in [-0.2, -0.15) is 0 Å². The maximum Gasteiger partial charge on any atom is 0.317 e. The number of anilines is 1. The number of carboxylic acid groups (broad SMARTS) is 1. The zero-order chi connectivity index (χ0) is 14.7. The predicted octanol–water partition coefficient (Wildman–Crippen LogP) is 2.48. The minimum Gasteiger partial charge on any atom is -0.480 e. The number of likely N-dealkylation sites (tertiary alicyclic amines) is 1. The number of hydrogen-bond acceptors (Lipinski definition) is 3. The summed E-state index contributed by atoms with van der Waals surface area (Å²) >= 11 is 11.7. The molecule has 1 amide bonds. The minimum absolute atomic E-state index is 0.131. The van der Waals surface area contributed by atoms with E-state index in [1.54, 1.807) is 23.1 Å². The average molecular weight is 317 g/mol. The Morgan fingerprint density at radius 1 is 1.30 bits per heavy atom. The molecule has 20 heavy (non-hydrogen) atoms. The molecule has 1 unspecified atom stereocenters. The number of nitrogens with zero attached hydrogens (tertiary/aromatic N) is 1. The Labute approximate surface area is 126 Å². The van der Waals surface area contributed by atoms with Gasteiger partial charge in [-0.1, -0.05) is 23.2 Å². The van der Waals surface area contributed by atoms with Crippen molar-refractivity contribution in [1.29, 1.82) is 0 Å². The maximum absolute atomic E-state index is 12.2. The van der Waals surface area contributed by atoms with Crippen molar-refractivity contribution in [1.82, 2.24) is 4.90 Å². The molecule has 7 heteroatoms. The Hall–Kier alpha value is -1.30. The summed E-state index contributed by atoms with van der Waals surface area (Å²) in [5, 5.41) is 12.4. The van der Waals surface area contributed by atoms with Crippen LogP contribution in [0.3, 0.4) is 0 Å². The van der Waals surface area contributed by atoms with Crippen molar-refractivity contribution in [2.75, 3.05) is 18.4 Å². The molecule has 5 nitrogen and oxygen atoms in total. The molecule has 1 saturated heterocycles. The van der Waals surface area contributed by atoms with Crippen molar-refractivity contribution >= 4 is 40.8 Å². The monoisotopic (exact) mass is 316 g/mol. The molecule has 0 aromatic heterocycles. The van der Waals surface area contributed by atoms with Gasteiger partial charge >= 0.3 is 5.97 Å². The van der Waals surface area contributed by atoms with Gasteiger partial charge < -0.3 is 10.4 Å². The number of carbonyl (C=O) groups excluding carboxylic acids is 1. The summed E-state index contributed by atoms with van der Waals surface area (Å²) in [4.78, 5) is 24.6.